The van der Waals surface area contributed by atoms with Gasteiger partial charge >= 0.3 is 5.24 Å². The lowest BCUT2D eigenvalue weighted by Crippen LogP contribution is -2.36. The highest BCUT2D eigenvalue weighted by Gasteiger charge is 2.34. The first-order valence-electron chi connectivity index (χ1n) is 4.55. The summed E-state index contributed by atoms with van der Waals surface area (Å²) in [7, 11) is 0. The molecule has 1 unspecified atom stereocenters. The molecule has 0 aromatic rings. The van der Waals surface area contributed by atoms with Gasteiger partial charge in [-0.1, -0.05) is 11.8 Å². The molecule has 2 amide bonds. The van der Waals surface area contributed by atoms with Crippen molar-refractivity contribution in [1.82, 2.24) is 5.06 Å². The van der Waals surface area contributed by atoms with Gasteiger partial charge < -0.3 is 4.74 Å². The Bertz CT molecular complexity index is 236. The van der Waals surface area contributed by atoms with Gasteiger partial charge in [0.1, 0.15) is 0 Å². The molecular formula is C8H11NO4S. The molecule has 0 aromatic carbocycles. The van der Waals surface area contributed by atoms with Crippen molar-refractivity contribution in [2.45, 2.75) is 25.6 Å². The fourth-order valence-electron chi connectivity index (χ4n) is 1.36. The molecule has 2 aliphatic heterocycles. The van der Waals surface area contributed by atoms with Gasteiger partial charge in [-0.25, -0.2) is 4.84 Å². The van der Waals surface area contributed by atoms with Crippen LogP contribution in [0.5, 0.6) is 0 Å². The number of carbonyl (C=O) groups excluding carboxylic acids is 2. The van der Waals surface area contributed by atoms with E-state index in [-0.39, 0.29) is 16.9 Å². The zero-order valence-electron chi connectivity index (χ0n) is 7.60. The average Bonchev–Trinajstić information content (AvgIpc) is 2.51. The third kappa shape index (κ3) is 2.08. The molecule has 0 aliphatic carbocycles. The van der Waals surface area contributed by atoms with Crippen LogP contribution in [0.25, 0.3) is 0 Å². The SMILES string of the molecule is O=C1CSC(=O)N1OC1CCCCO1. The second-order valence-electron chi connectivity index (χ2n) is 3.14. The molecule has 5 nitrogen and oxygen atoms in total. The summed E-state index contributed by atoms with van der Waals surface area (Å²) < 4.78 is 5.26. The van der Waals surface area contributed by atoms with Gasteiger partial charge in [-0.15, -0.1) is 5.06 Å². The highest BCUT2D eigenvalue weighted by molar-refractivity contribution is 8.14. The van der Waals surface area contributed by atoms with Crippen molar-refractivity contribution in [3.05, 3.63) is 0 Å². The summed E-state index contributed by atoms with van der Waals surface area (Å²) >= 11 is 0.959. The maximum Gasteiger partial charge on any atom is 0.313 e. The molecule has 0 saturated carbocycles. The van der Waals surface area contributed by atoms with Gasteiger partial charge in [0.25, 0.3) is 5.91 Å². The molecule has 0 radical (unpaired) electrons. The Hall–Kier alpha value is -0.590. The average molecular weight is 217 g/mol. The fourth-order valence-corrected chi connectivity index (χ4v) is 1.98. The van der Waals surface area contributed by atoms with Gasteiger partial charge in [0, 0.05) is 13.0 Å². The smallest absolute Gasteiger partial charge is 0.313 e. The van der Waals surface area contributed by atoms with Crippen LogP contribution in [0.15, 0.2) is 0 Å². The largest absolute Gasteiger partial charge is 0.350 e. The second-order valence-corrected chi connectivity index (χ2v) is 4.07. The number of nitrogens with zero attached hydrogens (tertiary/aromatic N) is 1. The fraction of sp³-hybridized carbons (Fsp3) is 0.750. The van der Waals surface area contributed by atoms with E-state index in [0.717, 1.165) is 36.1 Å². The molecule has 0 aromatic heterocycles. The molecule has 2 aliphatic rings. The van der Waals surface area contributed by atoms with E-state index in [4.69, 9.17) is 9.57 Å². The summed E-state index contributed by atoms with van der Waals surface area (Å²) in [5, 5.41) is 0.477. The van der Waals surface area contributed by atoms with Gasteiger partial charge in [0.15, 0.2) is 6.29 Å². The van der Waals surface area contributed by atoms with Crippen molar-refractivity contribution >= 4 is 22.9 Å². The molecule has 1 atom stereocenters. The molecule has 0 spiro atoms. The molecule has 14 heavy (non-hydrogen) atoms. The summed E-state index contributed by atoms with van der Waals surface area (Å²) in [4.78, 5) is 27.5. The van der Waals surface area contributed by atoms with Crippen LogP contribution in [0, 0.1) is 0 Å². The van der Waals surface area contributed by atoms with Crippen molar-refractivity contribution in [3.8, 4) is 0 Å². The number of imide groups is 1. The normalized spacial score (nSPS) is 28.6. The maximum absolute atomic E-state index is 11.2. The lowest BCUT2D eigenvalue weighted by Gasteiger charge is -2.25. The van der Waals surface area contributed by atoms with Crippen molar-refractivity contribution in [2.75, 3.05) is 12.4 Å². The summed E-state index contributed by atoms with van der Waals surface area (Å²) in [5.74, 6) is -0.125. The quantitative estimate of drug-likeness (QED) is 0.694. The molecule has 2 heterocycles. The van der Waals surface area contributed by atoms with Gasteiger partial charge in [-0.3, -0.25) is 9.59 Å². The number of hydroxylamine groups is 2. The van der Waals surface area contributed by atoms with Crippen molar-refractivity contribution in [2.24, 2.45) is 0 Å². The Balaban J connectivity index is 1.89. The molecule has 2 rings (SSSR count). The van der Waals surface area contributed by atoms with Gasteiger partial charge in [-0.05, 0) is 12.8 Å². The number of thioether (sulfide) groups is 1. The minimum atomic E-state index is -0.435. The van der Waals surface area contributed by atoms with Crippen LogP contribution in [0.3, 0.4) is 0 Å². The monoisotopic (exact) mass is 217 g/mol. The second kappa shape index (κ2) is 4.29. The molecule has 2 saturated heterocycles. The number of amides is 2. The van der Waals surface area contributed by atoms with E-state index in [1.165, 1.54) is 0 Å². The van der Waals surface area contributed by atoms with Crippen molar-refractivity contribution in [1.29, 1.82) is 0 Å². The van der Waals surface area contributed by atoms with Crippen LogP contribution in [-0.4, -0.2) is 34.9 Å². The van der Waals surface area contributed by atoms with E-state index in [0.29, 0.717) is 6.61 Å². The predicted octanol–water partition coefficient (Wildman–Crippen LogP) is 1.14. The summed E-state index contributed by atoms with van der Waals surface area (Å²) in [6, 6.07) is 0. The summed E-state index contributed by atoms with van der Waals surface area (Å²) in [5.41, 5.74) is 0. The molecule has 2 fully saturated rings. The lowest BCUT2D eigenvalue weighted by atomic mass is 10.2. The van der Waals surface area contributed by atoms with Crippen LogP contribution in [0.4, 0.5) is 4.79 Å². The Morgan fingerprint density at radius 3 is 2.86 bits per heavy atom. The van der Waals surface area contributed by atoms with Crippen LogP contribution in [-0.2, 0) is 14.4 Å². The summed E-state index contributed by atoms with van der Waals surface area (Å²) in [6.07, 6.45) is 2.32. The first kappa shape index (κ1) is 9.95. The Kier molecular flexibility index (Phi) is 3.05. The van der Waals surface area contributed by atoms with Crippen LogP contribution < -0.4 is 0 Å². The van der Waals surface area contributed by atoms with E-state index >= 15 is 0 Å². The van der Waals surface area contributed by atoms with Gasteiger partial charge in [-0.2, -0.15) is 0 Å². The Morgan fingerprint density at radius 2 is 2.29 bits per heavy atom. The lowest BCUT2D eigenvalue weighted by molar-refractivity contribution is -0.254. The van der Waals surface area contributed by atoms with E-state index in [1.807, 2.05) is 0 Å². The summed E-state index contributed by atoms with van der Waals surface area (Å²) in [6.45, 7) is 0.633. The molecule has 78 valence electrons. The molecular weight excluding hydrogens is 206 g/mol. The third-order valence-corrected chi connectivity index (χ3v) is 2.88. The number of hydrogen-bond acceptors (Lipinski definition) is 5. The van der Waals surface area contributed by atoms with Gasteiger partial charge in [0.2, 0.25) is 0 Å². The number of carbonyl (C=O) groups is 2. The number of hydrogen-bond donors (Lipinski definition) is 0. The highest BCUT2D eigenvalue weighted by atomic mass is 32.2. The third-order valence-electron chi connectivity index (χ3n) is 2.07. The number of rotatable bonds is 2. The zero-order chi connectivity index (χ0) is 9.97. The van der Waals surface area contributed by atoms with Crippen molar-refractivity contribution < 1.29 is 19.2 Å². The van der Waals surface area contributed by atoms with E-state index in [2.05, 4.69) is 0 Å². The van der Waals surface area contributed by atoms with Crippen LogP contribution >= 0.6 is 11.8 Å². The molecule has 0 bridgehead atoms. The highest BCUT2D eigenvalue weighted by Crippen LogP contribution is 2.23. The van der Waals surface area contributed by atoms with Gasteiger partial charge in [0.05, 0.1) is 5.75 Å². The topological polar surface area (TPSA) is 55.8 Å². The predicted molar refractivity (Wildman–Crippen MR) is 49.4 cm³/mol. The Morgan fingerprint density at radius 1 is 1.43 bits per heavy atom. The van der Waals surface area contributed by atoms with E-state index < -0.39 is 6.29 Å². The Labute approximate surface area is 85.7 Å². The van der Waals surface area contributed by atoms with Crippen LogP contribution in [0.2, 0.25) is 0 Å². The number of ether oxygens (including phenoxy) is 1. The first-order valence-corrected chi connectivity index (χ1v) is 5.54. The molecule has 6 heteroatoms. The van der Waals surface area contributed by atoms with Crippen LogP contribution in [0.1, 0.15) is 19.3 Å². The van der Waals surface area contributed by atoms with E-state index in [1.54, 1.807) is 0 Å². The molecule has 0 N–H and O–H groups in total. The van der Waals surface area contributed by atoms with Crippen molar-refractivity contribution in [3.63, 3.8) is 0 Å². The standard InChI is InChI=1S/C8H11NO4S/c10-6-5-14-8(11)9(6)13-7-3-1-2-4-12-7/h7H,1-5H2. The first-order chi connectivity index (χ1) is 6.77. The van der Waals surface area contributed by atoms with E-state index in [9.17, 15) is 9.59 Å². The minimum absolute atomic E-state index is 0.172. The maximum atomic E-state index is 11.2. The minimum Gasteiger partial charge on any atom is -0.350 e. The zero-order valence-corrected chi connectivity index (χ0v) is 8.42.